The van der Waals surface area contributed by atoms with Gasteiger partial charge in [-0.05, 0) is 39.8 Å². The summed E-state index contributed by atoms with van der Waals surface area (Å²) < 4.78 is 5.40. The van der Waals surface area contributed by atoms with Crippen molar-refractivity contribution in [1.82, 2.24) is 14.8 Å². The Morgan fingerprint density at radius 3 is 2.65 bits per heavy atom. The van der Waals surface area contributed by atoms with Gasteiger partial charge < -0.3 is 14.5 Å². The summed E-state index contributed by atoms with van der Waals surface area (Å²) in [5.74, 6) is 0.633. The van der Waals surface area contributed by atoms with Crippen molar-refractivity contribution in [3.05, 3.63) is 17.6 Å². The Hall–Kier alpha value is -2.45. The zero-order valence-electron chi connectivity index (χ0n) is 13.9. The lowest BCUT2D eigenvalue weighted by Crippen LogP contribution is -2.55. The van der Waals surface area contributed by atoms with Crippen molar-refractivity contribution >= 4 is 11.9 Å². The number of hydrogen-bond acceptors (Lipinski definition) is 7. The molecule has 9 nitrogen and oxygen atoms in total. The zero-order chi connectivity index (χ0) is 17.2. The van der Waals surface area contributed by atoms with Crippen LogP contribution < -0.4 is 10.4 Å². The Morgan fingerprint density at radius 1 is 1.39 bits per heavy atom. The molecule has 2 heterocycles. The molecule has 0 bridgehead atoms. The Bertz CT molecular complexity index is 649. The number of aromatic nitrogens is 2. The third-order valence-electron chi connectivity index (χ3n) is 3.47. The highest BCUT2D eigenvalue weighted by Crippen LogP contribution is 2.19. The Kier molecular flexibility index (Phi) is 4.67. The second kappa shape index (κ2) is 6.35. The van der Waals surface area contributed by atoms with Crippen LogP contribution in [0.1, 0.15) is 27.7 Å². The first-order valence-corrected chi connectivity index (χ1v) is 7.48. The molecule has 1 unspecified atom stereocenters. The van der Waals surface area contributed by atoms with Crippen molar-refractivity contribution in [2.75, 3.05) is 24.5 Å². The number of piperazine rings is 1. The first kappa shape index (κ1) is 16.9. The lowest BCUT2D eigenvalue weighted by atomic mass is 10.2. The molecule has 1 amide bonds. The minimum atomic E-state index is -0.510. The van der Waals surface area contributed by atoms with Crippen molar-refractivity contribution < 1.29 is 9.53 Å². The molecule has 1 atom stereocenters. The average molecular weight is 321 g/mol. The fourth-order valence-electron chi connectivity index (χ4n) is 2.42. The summed E-state index contributed by atoms with van der Waals surface area (Å²) in [5, 5.41) is 15.0. The average Bonchev–Trinajstić information content (AvgIpc) is 2.46. The van der Waals surface area contributed by atoms with E-state index in [1.165, 1.54) is 0 Å². The number of nitrogens with one attached hydrogen (secondary N) is 2. The molecule has 1 aromatic rings. The number of anilines is 1. The second-order valence-electron chi connectivity index (χ2n) is 6.53. The first-order chi connectivity index (χ1) is 10.7. The van der Waals surface area contributed by atoms with Gasteiger partial charge in [0.05, 0.1) is 0 Å². The van der Waals surface area contributed by atoms with E-state index in [2.05, 4.69) is 10.3 Å². The number of nitrogens with zero attached hydrogens (tertiary/aromatic N) is 5. The number of amides is 1. The molecule has 0 radical (unpaired) electrons. The van der Waals surface area contributed by atoms with E-state index in [9.17, 15) is 4.79 Å². The fraction of sp³-hybridized carbons (Fsp3) is 0.643. The van der Waals surface area contributed by atoms with Crippen LogP contribution in [0.25, 0.3) is 0 Å². The lowest BCUT2D eigenvalue weighted by Gasteiger charge is -2.40. The van der Waals surface area contributed by atoms with E-state index in [1.54, 1.807) is 17.0 Å². The molecule has 0 aliphatic carbocycles. The van der Waals surface area contributed by atoms with E-state index < -0.39 is 5.60 Å². The highest BCUT2D eigenvalue weighted by Gasteiger charge is 2.30. The molecule has 2 rings (SSSR count). The third-order valence-corrected chi connectivity index (χ3v) is 3.47. The summed E-state index contributed by atoms with van der Waals surface area (Å²) in [4.78, 5) is 16.8. The fourth-order valence-corrected chi connectivity index (χ4v) is 2.42. The van der Waals surface area contributed by atoms with Crippen LogP contribution in [0.5, 0.6) is 0 Å². The molecule has 1 fully saturated rings. The van der Waals surface area contributed by atoms with Gasteiger partial charge in [-0.2, -0.15) is 5.53 Å². The van der Waals surface area contributed by atoms with Gasteiger partial charge in [0.15, 0.2) is 11.3 Å². The number of hydrogen-bond donors (Lipinski definition) is 2. The van der Waals surface area contributed by atoms with Crippen molar-refractivity contribution in [2.24, 2.45) is 5.22 Å². The highest BCUT2D eigenvalue weighted by atomic mass is 16.6. The SMILES string of the molecule is CC1CN(C(=O)OC(C)(C)C)CCN1c1ccc(=N)n(N=N)n1. The molecule has 9 heteroatoms. The van der Waals surface area contributed by atoms with Gasteiger partial charge in [0.25, 0.3) is 0 Å². The van der Waals surface area contributed by atoms with E-state index >= 15 is 0 Å². The number of rotatable bonds is 2. The van der Waals surface area contributed by atoms with Gasteiger partial charge in [-0.1, -0.05) is 5.22 Å². The van der Waals surface area contributed by atoms with Crippen molar-refractivity contribution in [2.45, 2.75) is 39.3 Å². The topological polar surface area (TPSA) is 111 Å². The summed E-state index contributed by atoms with van der Waals surface area (Å²) in [6.45, 7) is 9.19. The van der Waals surface area contributed by atoms with Crippen LogP contribution in [0.2, 0.25) is 0 Å². The van der Waals surface area contributed by atoms with E-state index in [-0.39, 0.29) is 17.6 Å². The second-order valence-corrected chi connectivity index (χ2v) is 6.53. The summed E-state index contributed by atoms with van der Waals surface area (Å²) in [5.41, 5.74) is 6.57. The van der Waals surface area contributed by atoms with E-state index in [1.807, 2.05) is 32.6 Å². The van der Waals surface area contributed by atoms with E-state index in [4.69, 9.17) is 15.7 Å². The van der Waals surface area contributed by atoms with Gasteiger partial charge in [0.2, 0.25) is 0 Å². The van der Waals surface area contributed by atoms with Gasteiger partial charge in [-0.15, -0.1) is 9.89 Å². The van der Waals surface area contributed by atoms with E-state index in [0.29, 0.717) is 25.5 Å². The molecular weight excluding hydrogens is 298 g/mol. The van der Waals surface area contributed by atoms with Gasteiger partial charge in [-0.3, -0.25) is 5.41 Å². The smallest absolute Gasteiger partial charge is 0.410 e. The van der Waals surface area contributed by atoms with Crippen LogP contribution >= 0.6 is 0 Å². The summed E-state index contributed by atoms with van der Waals surface area (Å²) >= 11 is 0. The molecule has 1 aliphatic rings. The summed E-state index contributed by atoms with van der Waals surface area (Å²) in [6, 6.07) is 3.32. The molecule has 1 aromatic heterocycles. The van der Waals surface area contributed by atoms with Crippen molar-refractivity contribution in [3.8, 4) is 0 Å². The molecule has 23 heavy (non-hydrogen) atoms. The van der Waals surface area contributed by atoms with Gasteiger partial charge in [0.1, 0.15) is 5.60 Å². The molecule has 1 aliphatic heterocycles. The van der Waals surface area contributed by atoms with Crippen LogP contribution in [0.4, 0.5) is 10.6 Å². The summed E-state index contributed by atoms with van der Waals surface area (Å²) in [7, 11) is 0. The molecule has 1 saturated heterocycles. The number of ether oxygens (including phenoxy) is 1. The van der Waals surface area contributed by atoms with Crippen LogP contribution in [0.15, 0.2) is 17.4 Å². The maximum absolute atomic E-state index is 12.1. The van der Waals surface area contributed by atoms with Gasteiger partial charge in [-0.25, -0.2) is 4.79 Å². The molecule has 0 saturated carbocycles. The maximum Gasteiger partial charge on any atom is 0.410 e. The quantitative estimate of drug-likeness (QED) is 0.806. The Labute approximate surface area is 134 Å². The van der Waals surface area contributed by atoms with Crippen LogP contribution in [-0.4, -0.2) is 52.2 Å². The molecule has 2 N–H and O–H groups in total. The lowest BCUT2D eigenvalue weighted by molar-refractivity contribution is 0.0218. The number of carbonyl (C=O) groups is 1. The van der Waals surface area contributed by atoms with Gasteiger partial charge >= 0.3 is 6.09 Å². The largest absolute Gasteiger partial charge is 0.444 e. The standard InChI is InChI=1S/C14H23N7O2/c1-10-9-19(13(22)23-14(2,3)4)7-8-20(10)12-6-5-11(15)21(17-12)18-16/h5-6,10,15-16H,7-9H2,1-4H3. The molecule has 126 valence electrons. The minimum absolute atomic E-state index is 0.0412. The first-order valence-electron chi connectivity index (χ1n) is 7.48. The number of carbonyl (C=O) groups excluding carboxylic acids is 1. The molecule has 0 aromatic carbocycles. The van der Waals surface area contributed by atoms with E-state index in [0.717, 1.165) is 4.79 Å². The van der Waals surface area contributed by atoms with Crippen LogP contribution in [0.3, 0.4) is 0 Å². The van der Waals surface area contributed by atoms with Crippen molar-refractivity contribution in [3.63, 3.8) is 0 Å². The predicted molar refractivity (Wildman–Crippen MR) is 83.2 cm³/mol. The third kappa shape index (κ3) is 4.05. The van der Waals surface area contributed by atoms with Crippen molar-refractivity contribution in [1.29, 1.82) is 10.9 Å². The highest BCUT2D eigenvalue weighted by molar-refractivity contribution is 5.68. The maximum atomic E-state index is 12.1. The Balaban J connectivity index is 2.08. The molecular formula is C14H23N7O2. The normalized spacial score (nSPS) is 18.7. The zero-order valence-corrected chi connectivity index (χ0v) is 13.9. The van der Waals surface area contributed by atoms with Crippen LogP contribution in [-0.2, 0) is 4.74 Å². The minimum Gasteiger partial charge on any atom is -0.444 e. The van der Waals surface area contributed by atoms with Gasteiger partial charge in [0, 0.05) is 25.7 Å². The Morgan fingerprint density at radius 2 is 2.09 bits per heavy atom. The molecule has 0 spiro atoms. The summed E-state index contributed by atoms with van der Waals surface area (Å²) in [6.07, 6.45) is -0.310. The monoisotopic (exact) mass is 321 g/mol. The van der Waals surface area contributed by atoms with Crippen LogP contribution in [0, 0.1) is 10.9 Å². The predicted octanol–water partition coefficient (Wildman–Crippen LogP) is 1.60.